The monoisotopic (exact) mass is 453 g/mol. The molecule has 0 spiro atoms. The summed E-state index contributed by atoms with van der Waals surface area (Å²) in [6, 6.07) is 9.14. The Balaban J connectivity index is 1.33. The third-order valence-corrected chi connectivity index (χ3v) is 6.35. The van der Waals surface area contributed by atoms with Crippen molar-refractivity contribution >= 4 is 16.8 Å². The van der Waals surface area contributed by atoms with Gasteiger partial charge in [0.25, 0.3) is 0 Å². The third kappa shape index (κ3) is 5.09. The number of Topliss-reactive ketones (excluding diaryl/α,β-unsaturated/α-hetero) is 1. The van der Waals surface area contributed by atoms with Crippen LogP contribution in [0.1, 0.15) is 35.2 Å². The molecular formula is C26H28FNO5. The quantitative estimate of drug-likeness (QED) is 0.469. The van der Waals surface area contributed by atoms with E-state index in [1.165, 1.54) is 25.5 Å². The van der Waals surface area contributed by atoms with Gasteiger partial charge in [0.1, 0.15) is 28.3 Å². The van der Waals surface area contributed by atoms with Gasteiger partial charge in [-0.05, 0) is 69.6 Å². The van der Waals surface area contributed by atoms with Crippen molar-refractivity contribution in [2.75, 3.05) is 33.9 Å². The predicted octanol–water partition coefficient (Wildman–Crippen LogP) is 4.48. The first kappa shape index (κ1) is 23.0. The van der Waals surface area contributed by atoms with Gasteiger partial charge in [0.05, 0.1) is 20.5 Å². The van der Waals surface area contributed by atoms with Crippen LogP contribution in [0.3, 0.4) is 0 Å². The lowest BCUT2D eigenvalue weighted by molar-refractivity contribution is 0.0839. The zero-order valence-electron chi connectivity index (χ0n) is 18.9. The summed E-state index contributed by atoms with van der Waals surface area (Å²) in [5.74, 6) is 0.738. The van der Waals surface area contributed by atoms with Crippen LogP contribution in [0, 0.1) is 11.7 Å². The summed E-state index contributed by atoms with van der Waals surface area (Å²) in [6.07, 6.45) is 4.51. The topological polar surface area (TPSA) is 69.0 Å². The van der Waals surface area contributed by atoms with Crippen LogP contribution in [-0.4, -0.2) is 44.5 Å². The van der Waals surface area contributed by atoms with Crippen molar-refractivity contribution in [3.63, 3.8) is 0 Å². The second kappa shape index (κ2) is 10.2. The molecule has 7 heteroatoms. The number of benzene rings is 2. The molecule has 0 aliphatic carbocycles. The molecule has 2 heterocycles. The number of rotatable bonds is 8. The number of carbonyl (C=O) groups is 1. The molecule has 6 nitrogen and oxygen atoms in total. The maximum atomic E-state index is 13.1. The number of nitrogens with zero attached hydrogens (tertiary/aromatic N) is 1. The molecule has 1 aliphatic heterocycles. The van der Waals surface area contributed by atoms with Gasteiger partial charge < -0.3 is 18.8 Å². The van der Waals surface area contributed by atoms with Gasteiger partial charge >= 0.3 is 0 Å². The molecule has 1 aliphatic rings. The van der Waals surface area contributed by atoms with Crippen molar-refractivity contribution in [1.82, 2.24) is 4.90 Å². The molecule has 3 aromatic rings. The van der Waals surface area contributed by atoms with Gasteiger partial charge in [0.2, 0.25) is 0 Å². The Bertz CT molecular complexity index is 1180. The van der Waals surface area contributed by atoms with Gasteiger partial charge in [-0.3, -0.25) is 9.59 Å². The lowest BCUT2D eigenvalue weighted by atomic mass is 9.89. The summed E-state index contributed by atoms with van der Waals surface area (Å²) in [5.41, 5.74) is 1.55. The Hall–Kier alpha value is -3.19. The second-order valence-corrected chi connectivity index (χ2v) is 8.38. The summed E-state index contributed by atoms with van der Waals surface area (Å²) in [7, 11) is 3.07. The van der Waals surface area contributed by atoms with Crippen molar-refractivity contribution in [3.05, 3.63) is 69.8 Å². The van der Waals surface area contributed by atoms with Crippen molar-refractivity contribution in [2.24, 2.45) is 5.92 Å². The summed E-state index contributed by atoms with van der Waals surface area (Å²) in [6.45, 7) is 2.50. The van der Waals surface area contributed by atoms with E-state index >= 15 is 0 Å². The van der Waals surface area contributed by atoms with Crippen LogP contribution >= 0.6 is 0 Å². The number of methoxy groups -OCH3 is 2. The van der Waals surface area contributed by atoms with Crippen LogP contribution in [0.25, 0.3) is 11.0 Å². The number of halogens is 1. The Morgan fingerprint density at radius 2 is 1.85 bits per heavy atom. The van der Waals surface area contributed by atoms with E-state index in [-0.39, 0.29) is 22.9 Å². The van der Waals surface area contributed by atoms with E-state index in [4.69, 9.17) is 13.9 Å². The second-order valence-electron chi connectivity index (χ2n) is 8.38. The van der Waals surface area contributed by atoms with Crippen LogP contribution in [0.2, 0.25) is 0 Å². The number of fused-ring (bicyclic) bond motifs is 1. The highest BCUT2D eigenvalue weighted by Crippen LogP contribution is 2.29. The van der Waals surface area contributed by atoms with Crippen LogP contribution in [0.5, 0.6) is 11.5 Å². The number of hydrogen-bond donors (Lipinski definition) is 0. The van der Waals surface area contributed by atoms with E-state index in [1.807, 2.05) is 0 Å². The molecule has 1 aromatic heterocycles. The van der Waals surface area contributed by atoms with Crippen molar-refractivity contribution in [3.8, 4) is 11.5 Å². The SMILES string of the molecule is COc1cc(OC)c2c(=O)c(CCCN3CCC(C(=O)c4ccc(F)cc4)CC3)coc2c1. The molecule has 2 aromatic carbocycles. The van der Waals surface area contributed by atoms with E-state index in [0.29, 0.717) is 40.0 Å². The number of carbonyl (C=O) groups excluding carboxylic acids is 1. The summed E-state index contributed by atoms with van der Waals surface area (Å²) >= 11 is 0. The minimum absolute atomic E-state index is 0.0244. The number of likely N-dealkylation sites (tertiary alicyclic amines) is 1. The summed E-state index contributed by atoms with van der Waals surface area (Å²) in [5, 5.41) is 0.427. The van der Waals surface area contributed by atoms with Crippen molar-refractivity contribution in [1.29, 1.82) is 0 Å². The molecule has 0 unspecified atom stereocenters. The van der Waals surface area contributed by atoms with Crippen LogP contribution in [0.15, 0.2) is 51.9 Å². The zero-order valence-corrected chi connectivity index (χ0v) is 18.9. The smallest absolute Gasteiger partial charge is 0.199 e. The highest BCUT2D eigenvalue weighted by atomic mass is 19.1. The van der Waals surface area contributed by atoms with E-state index < -0.39 is 0 Å². The molecule has 0 saturated carbocycles. The Kier molecular flexibility index (Phi) is 7.08. The average molecular weight is 454 g/mol. The summed E-state index contributed by atoms with van der Waals surface area (Å²) in [4.78, 5) is 28.0. The molecule has 174 valence electrons. The highest BCUT2D eigenvalue weighted by molar-refractivity contribution is 5.97. The first-order valence-electron chi connectivity index (χ1n) is 11.2. The van der Waals surface area contributed by atoms with E-state index in [2.05, 4.69) is 4.90 Å². The highest BCUT2D eigenvalue weighted by Gasteiger charge is 2.25. The zero-order chi connectivity index (χ0) is 23.4. The largest absolute Gasteiger partial charge is 0.496 e. The lowest BCUT2D eigenvalue weighted by Crippen LogP contribution is -2.37. The minimum atomic E-state index is -0.333. The maximum Gasteiger partial charge on any atom is 0.199 e. The molecular weight excluding hydrogens is 425 g/mol. The van der Waals surface area contributed by atoms with Gasteiger partial charge in [-0.25, -0.2) is 4.39 Å². The van der Waals surface area contributed by atoms with Crippen LogP contribution < -0.4 is 14.9 Å². The fraction of sp³-hybridized carbons (Fsp3) is 0.385. The number of hydrogen-bond acceptors (Lipinski definition) is 6. The fourth-order valence-corrected chi connectivity index (χ4v) is 4.44. The van der Waals surface area contributed by atoms with Gasteiger partial charge in [0.15, 0.2) is 11.2 Å². The number of aryl methyl sites for hydroxylation is 1. The first-order valence-corrected chi connectivity index (χ1v) is 11.2. The van der Waals surface area contributed by atoms with E-state index in [1.54, 1.807) is 31.4 Å². The first-order chi connectivity index (χ1) is 16.0. The number of ether oxygens (including phenoxy) is 2. The van der Waals surface area contributed by atoms with Gasteiger partial charge in [0, 0.05) is 29.2 Å². The fourth-order valence-electron chi connectivity index (χ4n) is 4.44. The summed E-state index contributed by atoms with van der Waals surface area (Å²) < 4.78 is 29.4. The molecule has 1 saturated heterocycles. The Morgan fingerprint density at radius 3 is 2.52 bits per heavy atom. The lowest BCUT2D eigenvalue weighted by Gasteiger charge is -2.31. The molecule has 33 heavy (non-hydrogen) atoms. The Labute approximate surface area is 191 Å². The van der Waals surface area contributed by atoms with Crippen LogP contribution in [-0.2, 0) is 6.42 Å². The number of ketones is 1. The van der Waals surface area contributed by atoms with Gasteiger partial charge in [-0.1, -0.05) is 0 Å². The van der Waals surface area contributed by atoms with Gasteiger partial charge in [-0.2, -0.15) is 0 Å². The Morgan fingerprint density at radius 1 is 1.12 bits per heavy atom. The van der Waals surface area contributed by atoms with Crippen molar-refractivity contribution in [2.45, 2.75) is 25.7 Å². The van der Waals surface area contributed by atoms with Crippen molar-refractivity contribution < 1.29 is 23.1 Å². The van der Waals surface area contributed by atoms with E-state index in [9.17, 15) is 14.0 Å². The molecule has 0 bridgehead atoms. The van der Waals surface area contributed by atoms with Gasteiger partial charge in [-0.15, -0.1) is 0 Å². The normalized spacial score (nSPS) is 15.0. The molecule has 4 rings (SSSR count). The number of piperidine rings is 1. The molecule has 1 fully saturated rings. The minimum Gasteiger partial charge on any atom is -0.496 e. The standard InChI is InChI=1S/C26H28FNO5/c1-31-21-14-22(32-2)24-23(15-21)33-16-19(26(24)30)4-3-11-28-12-9-18(10-13-28)25(29)17-5-7-20(27)8-6-17/h5-8,14-16,18H,3-4,9-13H2,1-2H3. The van der Waals surface area contributed by atoms with Crippen LogP contribution in [0.4, 0.5) is 4.39 Å². The predicted molar refractivity (Wildman–Crippen MR) is 124 cm³/mol. The third-order valence-electron chi connectivity index (χ3n) is 6.35. The molecule has 0 amide bonds. The molecule has 0 atom stereocenters. The maximum absolute atomic E-state index is 13.1. The molecule has 0 radical (unpaired) electrons. The van der Waals surface area contributed by atoms with E-state index in [0.717, 1.165) is 38.9 Å². The average Bonchev–Trinajstić information content (AvgIpc) is 2.85. The molecule has 0 N–H and O–H groups in total.